The number of hydrogen-bond acceptors (Lipinski definition) is 0. The predicted octanol–water partition coefficient (Wildman–Crippen LogP) is 3.49. The van der Waals surface area contributed by atoms with E-state index in [1.807, 2.05) is 13.0 Å². The van der Waals surface area contributed by atoms with Crippen LogP contribution in [-0.4, -0.2) is 0 Å². The molecule has 0 amide bonds. The fourth-order valence-corrected chi connectivity index (χ4v) is 1.55. The van der Waals surface area contributed by atoms with E-state index in [1.54, 1.807) is 0 Å². The molecule has 1 aromatic rings. The SMILES string of the molecule is C#CC(C)c1cc(Br)ccc1C. The molecule has 0 nitrogen and oxygen atoms in total. The molecule has 1 atom stereocenters. The van der Waals surface area contributed by atoms with Gasteiger partial charge >= 0.3 is 0 Å². The van der Waals surface area contributed by atoms with E-state index < -0.39 is 0 Å². The van der Waals surface area contributed by atoms with Crippen molar-refractivity contribution >= 4 is 15.9 Å². The summed E-state index contributed by atoms with van der Waals surface area (Å²) in [6, 6.07) is 6.19. The van der Waals surface area contributed by atoms with Crippen LogP contribution in [0, 0.1) is 19.3 Å². The van der Waals surface area contributed by atoms with E-state index in [2.05, 4.69) is 40.9 Å². The molecular formula is C11H11Br. The van der Waals surface area contributed by atoms with E-state index in [1.165, 1.54) is 11.1 Å². The average molecular weight is 223 g/mol. The molecule has 1 heteroatoms. The molecule has 1 unspecified atom stereocenters. The van der Waals surface area contributed by atoms with Gasteiger partial charge in [0.2, 0.25) is 0 Å². The quantitative estimate of drug-likeness (QED) is 0.639. The molecular weight excluding hydrogens is 212 g/mol. The molecule has 1 aromatic carbocycles. The van der Waals surface area contributed by atoms with Crippen molar-refractivity contribution in [2.45, 2.75) is 19.8 Å². The molecule has 0 aromatic heterocycles. The van der Waals surface area contributed by atoms with Crippen molar-refractivity contribution in [2.24, 2.45) is 0 Å². The first-order valence-corrected chi connectivity index (χ1v) is 4.66. The van der Waals surface area contributed by atoms with Gasteiger partial charge in [0, 0.05) is 10.4 Å². The molecule has 0 aliphatic heterocycles. The zero-order valence-corrected chi connectivity index (χ0v) is 8.85. The Kier molecular flexibility index (Phi) is 2.94. The first kappa shape index (κ1) is 9.35. The van der Waals surface area contributed by atoms with Crippen molar-refractivity contribution in [1.82, 2.24) is 0 Å². The zero-order chi connectivity index (χ0) is 9.14. The molecule has 0 bridgehead atoms. The van der Waals surface area contributed by atoms with E-state index in [-0.39, 0.29) is 5.92 Å². The monoisotopic (exact) mass is 222 g/mol. The Hall–Kier alpha value is -0.740. The Bertz CT molecular complexity index is 320. The van der Waals surface area contributed by atoms with Crippen LogP contribution in [0.15, 0.2) is 22.7 Å². The third-order valence-electron chi connectivity index (χ3n) is 1.96. The zero-order valence-electron chi connectivity index (χ0n) is 7.26. The largest absolute Gasteiger partial charge is 0.119 e. The fraction of sp³-hybridized carbons (Fsp3) is 0.273. The lowest BCUT2D eigenvalue weighted by atomic mass is 9.97. The maximum absolute atomic E-state index is 5.36. The van der Waals surface area contributed by atoms with Gasteiger partial charge in [-0.3, -0.25) is 0 Å². The normalized spacial score (nSPS) is 12.2. The Balaban J connectivity index is 3.15. The highest BCUT2D eigenvalue weighted by molar-refractivity contribution is 9.10. The maximum Gasteiger partial charge on any atom is 0.0424 e. The summed E-state index contributed by atoms with van der Waals surface area (Å²) in [6.45, 7) is 4.12. The molecule has 0 aliphatic carbocycles. The van der Waals surface area contributed by atoms with Gasteiger partial charge in [-0.25, -0.2) is 0 Å². The first-order chi connectivity index (χ1) is 5.65. The van der Waals surface area contributed by atoms with Crippen LogP contribution < -0.4 is 0 Å². The van der Waals surface area contributed by atoms with Crippen molar-refractivity contribution < 1.29 is 0 Å². The van der Waals surface area contributed by atoms with Gasteiger partial charge in [-0.05, 0) is 37.1 Å². The summed E-state index contributed by atoms with van der Waals surface area (Å²) in [6.07, 6.45) is 5.36. The van der Waals surface area contributed by atoms with Gasteiger partial charge in [-0.1, -0.05) is 27.9 Å². The minimum Gasteiger partial charge on any atom is -0.119 e. The molecule has 0 saturated heterocycles. The minimum atomic E-state index is 0.197. The highest BCUT2D eigenvalue weighted by atomic mass is 79.9. The third-order valence-corrected chi connectivity index (χ3v) is 2.45. The molecule has 12 heavy (non-hydrogen) atoms. The van der Waals surface area contributed by atoms with Crippen molar-refractivity contribution in [3.8, 4) is 12.3 Å². The number of halogens is 1. The molecule has 62 valence electrons. The van der Waals surface area contributed by atoms with Crippen LogP contribution in [0.5, 0.6) is 0 Å². The lowest BCUT2D eigenvalue weighted by Gasteiger charge is -2.08. The number of aryl methyl sites for hydroxylation is 1. The van der Waals surface area contributed by atoms with Crippen LogP contribution in [0.1, 0.15) is 24.0 Å². The van der Waals surface area contributed by atoms with E-state index in [0.717, 1.165) is 4.47 Å². The van der Waals surface area contributed by atoms with Crippen LogP contribution in [0.25, 0.3) is 0 Å². The Labute approximate surface area is 82.1 Å². The Morgan fingerprint density at radius 3 is 2.75 bits per heavy atom. The molecule has 0 saturated carbocycles. The van der Waals surface area contributed by atoms with E-state index >= 15 is 0 Å². The van der Waals surface area contributed by atoms with Gasteiger partial charge in [0.1, 0.15) is 0 Å². The summed E-state index contributed by atoms with van der Waals surface area (Å²) in [4.78, 5) is 0. The van der Waals surface area contributed by atoms with Crippen molar-refractivity contribution in [1.29, 1.82) is 0 Å². The van der Waals surface area contributed by atoms with Gasteiger partial charge in [-0.2, -0.15) is 0 Å². The van der Waals surface area contributed by atoms with Crippen LogP contribution in [-0.2, 0) is 0 Å². The predicted molar refractivity (Wildman–Crippen MR) is 56.1 cm³/mol. The summed E-state index contributed by atoms with van der Waals surface area (Å²) in [5.41, 5.74) is 2.48. The topological polar surface area (TPSA) is 0 Å². The fourth-order valence-electron chi connectivity index (χ4n) is 1.17. The molecule has 0 aliphatic rings. The second-order valence-corrected chi connectivity index (χ2v) is 3.80. The van der Waals surface area contributed by atoms with Crippen molar-refractivity contribution in [3.05, 3.63) is 33.8 Å². The number of rotatable bonds is 1. The Morgan fingerprint density at radius 2 is 2.17 bits per heavy atom. The Morgan fingerprint density at radius 1 is 1.50 bits per heavy atom. The summed E-state index contributed by atoms with van der Waals surface area (Å²) in [7, 11) is 0. The van der Waals surface area contributed by atoms with Gasteiger partial charge in [0.15, 0.2) is 0 Å². The standard InChI is InChI=1S/C11H11Br/c1-4-8(2)11-7-10(12)6-5-9(11)3/h1,5-8H,2-3H3. The number of benzene rings is 1. The minimum absolute atomic E-state index is 0.197. The maximum atomic E-state index is 5.36. The second kappa shape index (κ2) is 3.78. The summed E-state index contributed by atoms with van der Waals surface area (Å²) in [5, 5.41) is 0. The molecule has 0 heterocycles. The van der Waals surface area contributed by atoms with Gasteiger partial charge < -0.3 is 0 Å². The summed E-state index contributed by atoms with van der Waals surface area (Å²) >= 11 is 3.43. The van der Waals surface area contributed by atoms with Crippen LogP contribution in [0.4, 0.5) is 0 Å². The van der Waals surface area contributed by atoms with Gasteiger partial charge in [-0.15, -0.1) is 6.42 Å². The molecule has 0 spiro atoms. The summed E-state index contributed by atoms with van der Waals surface area (Å²) < 4.78 is 1.09. The van der Waals surface area contributed by atoms with Crippen LogP contribution in [0.3, 0.4) is 0 Å². The van der Waals surface area contributed by atoms with E-state index in [0.29, 0.717) is 0 Å². The number of terminal acetylenes is 1. The molecule has 0 N–H and O–H groups in total. The molecule has 0 fully saturated rings. The van der Waals surface area contributed by atoms with Crippen LogP contribution in [0.2, 0.25) is 0 Å². The lowest BCUT2D eigenvalue weighted by Crippen LogP contribution is -1.92. The van der Waals surface area contributed by atoms with Gasteiger partial charge in [0.25, 0.3) is 0 Å². The highest BCUT2D eigenvalue weighted by Gasteiger charge is 2.04. The average Bonchev–Trinajstić information content (AvgIpc) is 2.08. The summed E-state index contributed by atoms with van der Waals surface area (Å²) in [5.74, 6) is 2.93. The van der Waals surface area contributed by atoms with Crippen molar-refractivity contribution in [3.63, 3.8) is 0 Å². The smallest absolute Gasteiger partial charge is 0.0424 e. The van der Waals surface area contributed by atoms with Crippen molar-refractivity contribution in [2.75, 3.05) is 0 Å². The second-order valence-electron chi connectivity index (χ2n) is 2.89. The molecule has 1 rings (SSSR count). The highest BCUT2D eigenvalue weighted by Crippen LogP contribution is 2.22. The third kappa shape index (κ3) is 1.89. The van der Waals surface area contributed by atoms with Gasteiger partial charge in [0.05, 0.1) is 0 Å². The first-order valence-electron chi connectivity index (χ1n) is 3.87. The van der Waals surface area contributed by atoms with E-state index in [4.69, 9.17) is 6.42 Å². The lowest BCUT2D eigenvalue weighted by molar-refractivity contribution is 0.986. The van der Waals surface area contributed by atoms with Crippen LogP contribution >= 0.6 is 15.9 Å². The van der Waals surface area contributed by atoms with E-state index in [9.17, 15) is 0 Å². The number of hydrogen-bond donors (Lipinski definition) is 0. The molecule has 0 radical (unpaired) electrons.